The minimum absolute atomic E-state index is 0.169. The Bertz CT molecular complexity index is 396. The van der Waals surface area contributed by atoms with Crippen LogP contribution in [0.1, 0.15) is 51.6 Å². The molecule has 1 aromatic rings. The number of aryl methyl sites for hydroxylation is 1. The van der Waals surface area contributed by atoms with E-state index in [9.17, 15) is 4.79 Å². The van der Waals surface area contributed by atoms with E-state index in [4.69, 9.17) is 0 Å². The van der Waals surface area contributed by atoms with Crippen molar-refractivity contribution in [2.75, 3.05) is 6.54 Å². The molecule has 0 radical (unpaired) electrons. The Balaban J connectivity index is 1.70. The standard InChI is InChI=1S/C15H24N2OS/c1-12(2)8-15(6-3-7-15)10-16-14(18)5-4-13-9-19-11-17-13/h9,11-12H,3-8,10H2,1-2H3,(H,16,18). The van der Waals surface area contributed by atoms with Crippen LogP contribution >= 0.6 is 11.3 Å². The van der Waals surface area contributed by atoms with Gasteiger partial charge in [0, 0.05) is 18.3 Å². The Morgan fingerprint density at radius 3 is 2.84 bits per heavy atom. The van der Waals surface area contributed by atoms with Gasteiger partial charge in [-0.15, -0.1) is 11.3 Å². The number of aromatic nitrogens is 1. The van der Waals surface area contributed by atoms with Gasteiger partial charge in [-0.3, -0.25) is 4.79 Å². The Kier molecular flexibility index (Phi) is 4.97. The van der Waals surface area contributed by atoms with Gasteiger partial charge in [0.15, 0.2) is 0 Å². The minimum Gasteiger partial charge on any atom is -0.356 e. The summed E-state index contributed by atoms with van der Waals surface area (Å²) in [7, 11) is 0. The number of rotatable bonds is 7. The molecule has 1 fully saturated rings. The number of thiazole rings is 1. The molecule has 0 aromatic carbocycles. The number of carbonyl (C=O) groups is 1. The predicted octanol–water partition coefficient (Wildman–Crippen LogP) is 3.41. The number of amides is 1. The van der Waals surface area contributed by atoms with E-state index in [1.165, 1.54) is 25.7 Å². The average Bonchev–Trinajstić information content (AvgIpc) is 2.82. The molecule has 1 heterocycles. The maximum atomic E-state index is 11.9. The monoisotopic (exact) mass is 280 g/mol. The van der Waals surface area contributed by atoms with Gasteiger partial charge in [-0.25, -0.2) is 4.98 Å². The second-order valence-electron chi connectivity index (χ2n) is 6.21. The molecule has 19 heavy (non-hydrogen) atoms. The van der Waals surface area contributed by atoms with Crippen LogP contribution in [0.3, 0.4) is 0 Å². The smallest absolute Gasteiger partial charge is 0.220 e. The number of hydrogen-bond acceptors (Lipinski definition) is 3. The topological polar surface area (TPSA) is 42.0 Å². The van der Waals surface area contributed by atoms with E-state index < -0.39 is 0 Å². The molecule has 1 saturated carbocycles. The predicted molar refractivity (Wildman–Crippen MR) is 79.2 cm³/mol. The lowest BCUT2D eigenvalue weighted by Gasteiger charge is -2.43. The molecule has 3 nitrogen and oxygen atoms in total. The largest absolute Gasteiger partial charge is 0.356 e. The molecule has 1 aliphatic carbocycles. The van der Waals surface area contributed by atoms with Gasteiger partial charge in [0.05, 0.1) is 11.2 Å². The molecule has 106 valence electrons. The van der Waals surface area contributed by atoms with E-state index in [0.717, 1.165) is 18.7 Å². The van der Waals surface area contributed by atoms with Gasteiger partial charge < -0.3 is 5.32 Å². The van der Waals surface area contributed by atoms with Crippen molar-refractivity contribution in [2.45, 2.75) is 52.4 Å². The lowest BCUT2D eigenvalue weighted by atomic mass is 9.64. The molecule has 1 aromatic heterocycles. The van der Waals surface area contributed by atoms with Crippen LogP contribution < -0.4 is 5.32 Å². The van der Waals surface area contributed by atoms with Crippen molar-refractivity contribution >= 4 is 17.2 Å². The molecule has 0 unspecified atom stereocenters. The van der Waals surface area contributed by atoms with Crippen molar-refractivity contribution in [1.82, 2.24) is 10.3 Å². The van der Waals surface area contributed by atoms with E-state index in [1.807, 2.05) is 10.9 Å². The summed E-state index contributed by atoms with van der Waals surface area (Å²) in [4.78, 5) is 16.1. The lowest BCUT2D eigenvalue weighted by Crippen LogP contribution is -2.43. The van der Waals surface area contributed by atoms with E-state index in [2.05, 4.69) is 24.1 Å². The van der Waals surface area contributed by atoms with Crippen molar-refractivity contribution < 1.29 is 4.79 Å². The zero-order valence-corrected chi connectivity index (χ0v) is 12.8. The van der Waals surface area contributed by atoms with Crippen LogP contribution in [0.15, 0.2) is 10.9 Å². The maximum absolute atomic E-state index is 11.9. The number of nitrogens with zero attached hydrogens (tertiary/aromatic N) is 1. The molecular formula is C15H24N2OS. The molecule has 0 spiro atoms. The minimum atomic E-state index is 0.169. The summed E-state index contributed by atoms with van der Waals surface area (Å²) in [5, 5.41) is 5.14. The zero-order valence-electron chi connectivity index (χ0n) is 11.9. The molecule has 1 aliphatic rings. The highest BCUT2D eigenvalue weighted by Gasteiger charge is 2.37. The highest BCUT2D eigenvalue weighted by Crippen LogP contribution is 2.45. The first-order valence-electron chi connectivity index (χ1n) is 7.23. The first-order chi connectivity index (χ1) is 9.10. The normalized spacial score (nSPS) is 17.2. The lowest BCUT2D eigenvalue weighted by molar-refractivity contribution is -0.122. The second kappa shape index (κ2) is 6.51. The number of carbonyl (C=O) groups excluding carboxylic acids is 1. The van der Waals surface area contributed by atoms with E-state index >= 15 is 0 Å². The molecule has 1 N–H and O–H groups in total. The summed E-state index contributed by atoms with van der Waals surface area (Å²) in [5.74, 6) is 0.884. The van der Waals surface area contributed by atoms with Gasteiger partial charge in [0.2, 0.25) is 5.91 Å². The van der Waals surface area contributed by atoms with Crippen molar-refractivity contribution in [3.63, 3.8) is 0 Å². The number of hydrogen-bond donors (Lipinski definition) is 1. The molecule has 0 saturated heterocycles. The zero-order chi connectivity index (χ0) is 13.7. The van der Waals surface area contributed by atoms with Crippen LogP contribution in [0.25, 0.3) is 0 Å². The van der Waals surface area contributed by atoms with Crippen molar-refractivity contribution in [2.24, 2.45) is 11.3 Å². The van der Waals surface area contributed by atoms with Gasteiger partial charge in [0.1, 0.15) is 0 Å². The van der Waals surface area contributed by atoms with Gasteiger partial charge in [0.25, 0.3) is 0 Å². The SMILES string of the molecule is CC(C)CC1(CNC(=O)CCc2cscn2)CCC1. The van der Waals surface area contributed by atoms with Crippen LogP contribution in [0.2, 0.25) is 0 Å². The van der Waals surface area contributed by atoms with Crippen LogP contribution in [-0.4, -0.2) is 17.4 Å². The molecule has 0 atom stereocenters. The fourth-order valence-electron chi connectivity index (χ4n) is 2.97. The molecule has 1 amide bonds. The first-order valence-corrected chi connectivity index (χ1v) is 8.18. The number of nitrogens with one attached hydrogen (secondary N) is 1. The summed E-state index contributed by atoms with van der Waals surface area (Å²) in [6.45, 7) is 5.40. The Morgan fingerprint density at radius 2 is 2.32 bits per heavy atom. The molecule has 4 heteroatoms. The summed E-state index contributed by atoms with van der Waals surface area (Å²) < 4.78 is 0. The highest BCUT2D eigenvalue weighted by atomic mass is 32.1. The van der Waals surface area contributed by atoms with Gasteiger partial charge in [-0.05, 0) is 37.0 Å². The highest BCUT2D eigenvalue weighted by molar-refractivity contribution is 7.07. The van der Waals surface area contributed by atoms with Crippen LogP contribution in [0.5, 0.6) is 0 Å². The summed E-state index contributed by atoms with van der Waals surface area (Å²) in [6, 6.07) is 0. The van der Waals surface area contributed by atoms with Crippen LogP contribution in [0.4, 0.5) is 0 Å². The molecular weight excluding hydrogens is 256 g/mol. The van der Waals surface area contributed by atoms with Gasteiger partial charge in [-0.1, -0.05) is 20.3 Å². The Labute approximate surface area is 119 Å². The fraction of sp³-hybridized carbons (Fsp3) is 0.733. The van der Waals surface area contributed by atoms with Crippen molar-refractivity contribution in [3.05, 3.63) is 16.6 Å². The molecule has 2 rings (SSSR count). The summed E-state index contributed by atoms with van der Waals surface area (Å²) in [6.07, 6.45) is 6.42. The van der Waals surface area contributed by atoms with Crippen molar-refractivity contribution in [1.29, 1.82) is 0 Å². The van der Waals surface area contributed by atoms with Crippen LogP contribution in [0, 0.1) is 11.3 Å². The van der Waals surface area contributed by atoms with E-state index in [0.29, 0.717) is 17.8 Å². The van der Waals surface area contributed by atoms with Crippen LogP contribution in [-0.2, 0) is 11.2 Å². The van der Waals surface area contributed by atoms with E-state index in [-0.39, 0.29) is 5.91 Å². The summed E-state index contributed by atoms with van der Waals surface area (Å²) in [5.41, 5.74) is 3.24. The third-order valence-electron chi connectivity index (χ3n) is 4.01. The Morgan fingerprint density at radius 1 is 1.53 bits per heavy atom. The Hall–Kier alpha value is -0.900. The maximum Gasteiger partial charge on any atom is 0.220 e. The first kappa shape index (κ1) is 14.5. The van der Waals surface area contributed by atoms with E-state index in [1.54, 1.807) is 11.3 Å². The third-order valence-corrected chi connectivity index (χ3v) is 4.64. The third kappa shape index (κ3) is 4.30. The van der Waals surface area contributed by atoms with Crippen molar-refractivity contribution in [3.8, 4) is 0 Å². The van der Waals surface area contributed by atoms with Gasteiger partial charge >= 0.3 is 0 Å². The fourth-order valence-corrected chi connectivity index (χ4v) is 3.57. The second-order valence-corrected chi connectivity index (χ2v) is 6.93. The summed E-state index contributed by atoms with van der Waals surface area (Å²) >= 11 is 1.59. The van der Waals surface area contributed by atoms with Gasteiger partial charge in [-0.2, -0.15) is 0 Å². The average molecular weight is 280 g/mol. The molecule has 0 bridgehead atoms. The molecule has 0 aliphatic heterocycles. The quantitative estimate of drug-likeness (QED) is 0.831.